The minimum absolute atomic E-state index is 0.230. The predicted molar refractivity (Wildman–Crippen MR) is 70.7 cm³/mol. The number of carboxylic acids is 1. The van der Waals surface area contributed by atoms with Crippen molar-refractivity contribution >= 4 is 21.9 Å². The van der Waals surface area contributed by atoms with Gasteiger partial charge in [0.25, 0.3) is 0 Å². The standard InChI is InChI=1S/C13H17BrO3/c1-13(2,3)6-7-17-11-5-4-9(12(15)16)8-10(11)14/h4-5,8H,6-7H2,1-3H3,(H,15,16). The summed E-state index contributed by atoms with van der Waals surface area (Å²) < 4.78 is 6.28. The maximum atomic E-state index is 10.7. The molecule has 3 nitrogen and oxygen atoms in total. The first-order valence-corrected chi connectivity index (χ1v) is 6.24. The van der Waals surface area contributed by atoms with Crippen molar-refractivity contribution in [3.05, 3.63) is 28.2 Å². The van der Waals surface area contributed by atoms with E-state index in [1.807, 2.05) is 0 Å². The van der Waals surface area contributed by atoms with Crippen molar-refractivity contribution in [3.63, 3.8) is 0 Å². The molecule has 0 aliphatic carbocycles. The van der Waals surface area contributed by atoms with Crippen LogP contribution in [0.15, 0.2) is 22.7 Å². The van der Waals surface area contributed by atoms with Gasteiger partial charge in [-0.3, -0.25) is 0 Å². The summed E-state index contributed by atoms with van der Waals surface area (Å²) in [5.74, 6) is -0.258. The Morgan fingerprint density at radius 3 is 2.53 bits per heavy atom. The molecule has 0 amide bonds. The minimum atomic E-state index is -0.938. The Hall–Kier alpha value is -1.03. The molecule has 0 heterocycles. The van der Waals surface area contributed by atoms with Gasteiger partial charge >= 0.3 is 5.97 Å². The van der Waals surface area contributed by atoms with Crippen LogP contribution in [0, 0.1) is 5.41 Å². The number of carboxylic acid groups (broad SMARTS) is 1. The van der Waals surface area contributed by atoms with Crippen molar-refractivity contribution in [2.45, 2.75) is 27.2 Å². The molecule has 0 aliphatic heterocycles. The number of carbonyl (C=O) groups is 1. The third kappa shape index (κ3) is 4.77. The number of aromatic carboxylic acids is 1. The van der Waals surface area contributed by atoms with Crippen molar-refractivity contribution in [1.82, 2.24) is 0 Å². The lowest BCUT2D eigenvalue weighted by Gasteiger charge is -2.18. The Bertz CT molecular complexity index is 408. The van der Waals surface area contributed by atoms with Gasteiger partial charge in [0.15, 0.2) is 0 Å². The molecule has 0 fully saturated rings. The molecule has 0 radical (unpaired) electrons. The number of hydrogen-bond acceptors (Lipinski definition) is 2. The lowest BCUT2D eigenvalue weighted by molar-refractivity contribution is 0.0697. The van der Waals surface area contributed by atoms with Crippen molar-refractivity contribution in [3.8, 4) is 5.75 Å². The molecule has 0 atom stereocenters. The summed E-state index contributed by atoms with van der Waals surface area (Å²) in [7, 11) is 0. The second kappa shape index (κ2) is 5.54. The summed E-state index contributed by atoms with van der Waals surface area (Å²) in [5.41, 5.74) is 0.480. The highest BCUT2D eigenvalue weighted by Gasteiger charge is 2.11. The summed E-state index contributed by atoms with van der Waals surface area (Å²) in [6, 6.07) is 4.77. The third-order valence-corrected chi connectivity index (χ3v) is 2.91. The van der Waals surface area contributed by atoms with Crippen LogP contribution in [0.2, 0.25) is 0 Å². The maximum absolute atomic E-state index is 10.7. The lowest BCUT2D eigenvalue weighted by atomic mass is 9.93. The first-order valence-electron chi connectivity index (χ1n) is 5.45. The fraction of sp³-hybridized carbons (Fsp3) is 0.462. The van der Waals surface area contributed by atoms with Gasteiger partial charge in [-0.15, -0.1) is 0 Å². The molecular weight excluding hydrogens is 284 g/mol. The first kappa shape index (κ1) is 14.0. The summed E-state index contributed by atoms with van der Waals surface area (Å²) >= 11 is 3.31. The first-order chi connectivity index (χ1) is 7.79. The number of halogens is 1. The van der Waals surface area contributed by atoms with Crippen LogP contribution >= 0.6 is 15.9 Å². The van der Waals surface area contributed by atoms with Gasteiger partial charge in [0, 0.05) is 0 Å². The molecular formula is C13H17BrO3. The quantitative estimate of drug-likeness (QED) is 0.915. The average Bonchev–Trinajstić information content (AvgIpc) is 2.18. The van der Waals surface area contributed by atoms with Crippen LogP contribution in [-0.4, -0.2) is 17.7 Å². The van der Waals surface area contributed by atoms with Crippen LogP contribution in [0.1, 0.15) is 37.6 Å². The summed E-state index contributed by atoms with van der Waals surface area (Å²) in [6.07, 6.45) is 0.945. The summed E-state index contributed by atoms with van der Waals surface area (Å²) in [4.78, 5) is 10.7. The van der Waals surface area contributed by atoms with Crippen LogP contribution in [0.5, 0.6) is 5.75 Å². The molecule has 94 valence electrons. The van der Waals surface area contributed by atoms with Gasteiger partial charge in [0.1, 0.15) is 5.75 Å². The van der Waals surface area contributed by atoms with E-state index in [0.29, 0.717) is 16.8 Å². The van der Waals surface area contributed by atoms with Crippen LogP contribution in [-0.2, 0) is 0 Å². The normalized spacial score (nSPS) is 11.3. The number of hydrogen-bond donors (Lipinski definition) is 1. The zero-order valence-electron chi connectivity index (χ0n) is 10.3. The molecule has 0 aromatic heterocycles. The van der Waals surface area contributed by atoms with Crippen LogP contribution < -0.4 is 4.74 Å². The molecule has 0 saturated heterocycles. The van der Waals surface area contributed by atoms with E-state index < -0.39 is 5.97 Å². The molecule has 17 heavy (non-hydrogen) atoms. The van der Waals surface area contributed by atoms with Crippen molar-refractivity contribution in [2.75, 3.05) is 6.61 Å². The van der Waals surface area contributed by atoms with E-state index in [2.05, 4.69) is 36.7 Å². The zero-order chi connectivity index (χ0) is 13.1. The largest absolute Gasteiger partial charge is 0.492 e. The molecule has 0 bridgehead atoms. The van der Waals surface area contributed by atoms with Crippen LogP contribution in [0.3, 0.4) is 0 Å². The molecule has 0 spiro atoms. The molecule has 0 saturated carbocycles. The molecule has 1 aromatic rings. The monoisotopic (exact) mass is 300 g/mol. The van der Waals surface area contributed by atoms with E-state index in [1.165, 1.54) is 0 Å². The van der Waals surface area contributed by atoms with E-state index in [0.717, 1.165) is 6.42 Å². The van der Waals surface area contributed by atoms with Gasteiger partial charge in [-0.05, 0) is 46.0 Å². The van der Waals surface area contributed by atoms with E-state index in [4.69, 9.17) is 9.84 Å². The average molecular weight is 301 g/mol. The highest BCUT2D eigenvalue weighted by atomic mass is 79.9. The Morgan fingerprint density at radius 1 is 1.41 bits per heavy atom. The van der Waals surface area contributed by atoms with Crippen LogP contribution in [0.4, 0.5) is 0 Å². The molecule has 1 rings (SSSR count). The van der Waals surface area contributed by atoms with E-state index in [-0.39, 0.29) is 11.0 Å². The van der Waals surface area contributed by atoms with Gasteiger partial charge in [0.05, 0.1) is 16.6 Å². The minimum Gasteiger partial charge on any atom is -0.492 e. The van der Waals surface area contributed by atoms with Gasteiger partial charge in [-0.25, -0.2) is 4.79 Å². The second-order valence-corrected chi connectivity index (χ2v) is 5.96. The fourth-order valence-corrected chi connectivity index (χ4v) is 1.71. The van der Waals surface area contributed by atoms with Gasteiger partial charge < -0.3 is 9.84 Å². The SMILES string of the molecule is CC(C)(C)CCOc1ccc(C(=O)O)cc1Br. The van der Waals surface area contributed by atoms with Crippen molar-refractivity contribution in [2.24, 2.45) is 5.41 Å². The molecule has 0 unspecified atom stereocenters. The number of ether oxygens (including phenoxy) is 1. The van der Waals surface area contributed by atoms with Gasteiger partial charge in [0.2, 0.25) is 0 Å². The highest BCUT2D eigenvalue weighted by molar-refractivity contribution is 9.10. The van der Waals surface area contributed by atoms with E-state index in [1.54, 1.807) is 18.2 Å². The van der Waals surface area contributed by atoms with E-state index in [9.17, 15) is 4.79 Å². The molecule has 1 N–H and O–H groups in total. The summed E-state index contributed by atoms with van der Waals surface area (Å²) in [5, 5.41) is 8.82. The highest BCUT2D eigenvalue weighted by Crippen LogP contribution is 2.27. The molecule has 0 aliphatic rings. The Morgan fingerprint density at radius 2 is 2.06 bits per heavy atom. The topological polar surface area (TPSA) is 46.5 Å². The Kier molecular flexibility index (Phi) is 4.57. The summed E-state index contributed by atoms with van der Waals surface area (Å²) in [6.45, 7) is 7.07. The predicted octanol–water partition coefficient (Wildman–Crippen LogP) is 3.96. The van der Waals surface area contributed by atoms with Crippen molar-refractivity contribution in [1.29, 1.82) is 0 Å². The molecule has 1 aromatic carbocycles. The Balaban J connectivity index is 2.64. The zero-order valence-corrected chi connectivity index (χ0v) is 11.9. The third-order valence-electron chi connectivity index (χ3n) is 2.29. The van der Waals surface area contributed by atoms with Gasteiger partial charge in [-0.1, -0.05) is 20.8 Å². The number of rotatable bonds is 4. The lowest BCUT2D eigenvalue weighted by Crippen LogP contribution is -2.11. The maximum Gasteiger partial charge on any atom is 0.335 e. The smallest absolute Gasteiger partial charge is 0.335 e. The van der Waals surface area contributed by atoms with Crippen LogP contribution in [0.25, 0.3) is 0 Å². The van der Waals surface area contributed by atoms with Crippen molar-refractivity contribution < 1.29 is 14.6 Å². The van der Waals surface area contributed by atoms with Gasteiger partial charge in [-0.2, -0.15) is 0 Å². The van der Waals surface area contributed by atoms with E-state index >= 15 is 0 Å². The second-order valence-electron chi connectivity index (χ2n) is 5.11. The number of benzene rings is 1. The fourth-order valence-electron chi connectivity index (χ4n) is 1.22. The Labute approximate surface area is 110 Å². The molecule has 4 heteroatoms.